The van der Waals surface area contributed by atoms with Crippen LogP contribution in [-0.4, -0.2) is 49.6 Å². The second-order valence-electron chi connectivity index (χ2n) is 8.44. The van der Waals surface area contributed by atoms with Crippen molar-refractivity contribution in [2.75, 3.05) is 32.7 Å². The predicted octanol–water partition coefficient (Wildman–Crippen LogP) is 2.70. The number of amides is 1. The van der Waals surface area contributed by atoms with E-state index >= 15 is 0 Å². The van der Waals surface area contributed by atoms with Gasteiger partial charge in [-0.1, -0.05) is 13.8 Å². The molecule has 2 saturated heterocycles. The van der Waals surface area contributed by atoms with E-state index in [1.165, 1.54) is 32.4 Å². The number of hydrogen-bond acceptors (Lipinski definition) is 3. The highest BCUT2D eigenvalue weighted by molar-refractivity contribution is 5.85. The Balaban J connectivity index is 0.00000144. The third-order valence-corrected chi connectivity index (χ3v) is 5.97. The minimum absolute atomic E-state index is 0. The maximum absolute atomic E-state index is 12.5. The van der Waals surface area contributed by atoms with Gasteiger partial charge in [0.2, 0.25) is 5.91 Å². The van der Waals surface area contributed by atoms with Crippen molar-refractivity contribution in [3.63, 3.8) is 0 Å². The third-order valence-electron chi connectivity index (χ3n) is 5.97. The summed E-state index contributed by atoms with van der Waals surface area (Å²) in [5, 5.41) is 6.69. The minimum Gasteiger partial charge on any atom is -0.352 e. The molecule has 2 aliphatic heterocycles. The van der Waals surface area contributed by atoms with E-state index < -0.39 is 0 Å². The zero-order chi connectivity index (χ0) is 15.7. The first-order valence-electron chi connectivity index (χ1n) is 9.22. The average molecular weight is 380 g/mol. The van der Waals surface area contributed by atoms with E-state index in [1.807, 2.05) is 0 Å². The molecule has 1 saturated carbocycles. The van der Waals surface area contributed by atoms with Crippen molar-refractivity contribution in [2.24, 2.45) is 23.2 Å². The molecule has 0 bridgehead atoms. The Hall–Kier alpha value is -0.0300. The lowest BCUT2D eigenvalue weighted by atomic mass is 9.91. The number of hydrogen-bond donors (Lipinski definition) is 2. The molecular formula is C18H35Cl2N3O. The molecule has 0 aromatic rings. The van der Waals surface area contributed by atoms with E-state index in [2.05, 4.69) is 36.3 Å². The zero-order valence-electron chi connectivity index (χ0n) is 15.3. The largest absolute Gasteiger partial charge is 0.352 e. The Bertz CT molecular complexity index is 405. The van der Waals surface area contributed by atoms with E-state index in [0.717, 1.165) is 37.9 Å². The van der Waals surface area contributed by atoms with Crippen LogP contribution in [0, 0.1) is 23.2 Å². The molecule has 3 fully saturated rings. The molecule has 4 atom stereocenters. The average Bonchev–Trinajstić information content (AvgIpc) is 3.11. The maximum atomic E-state index is 12.5. The molecule has 2 heterocycles. The summed E-state index contributed by atoms with van der Waals surface area (Å²) < 4.78 is 0. The maximum Gasteiger partial charge on any atom is 0.223 e. The molecule has 1 amide bonds. The molecule has 4 nitrogen and oxygen atoms in total. The van der Waals surface area contributed by atoms with Gasteiger partial charge in [-0.25, -0.2) is 0 Å². The lowest BCUT2D eigenvalue weighted by Gasteiger charge is -2.36. The fourth-order valence-corrected chi connectivity index (χ4v) is 4.91. The lowest BCUT2D eigenvalue weighted by Crippen LogP contribution is -2.47. The van der Waals surface area contributed by atoms with Gasteiger partial charge < -0.3 is 15.5 Å². The molecule has 4 unspecified atom stereocenters. The summed E-state index contributed by atoms with van der Waals surface area (Å²) in [6, 6.07) is 0.268. The number of carbonyl (C=O) groups excluding carboxylic acids is 1. The van der Waals surface area contributed by atoms with E-state index in [9.17, 15) is 4.79 Å². The number of piperidine rings is 2. The van der Waals surface area contributed by atoms with E-state index in [0.29, 0.717) is 11.3 Å². The third kappa shape index (κ3) is 5.23. The summed E-state index contributed by atoms with van der Waals surface area (Å²) in [7, 11) is 0. The van der Waals surface area contributed by atoms with Crippen LogP contribution in [0.5, 0.6) is 0 Å². The molecule has 2 N–H and O–H groups in total. The fourth-order valence-electron chi connectivity index (χ4n) is 4.91. The van der Waals surface area contributed by atoms with Gasteiger partial charge in [-0.05, 0) is 62.9 Å². The predicted molar refractivity (Wildman–Crippen MR) is 104 cm³/mol. The van der Waals surface area contributed by atoms with Crippen molar-refractivity contribution in [1.82, 2.24) is 15.5 Å². The van der Waals surface area contributed by atoms with Crippen LogP contribution in [0.1, 0.15) is 46.5 Å². The van der Waals surface area contributed by atoms with Crippen molar-refractivity contribution in [2.45, 2.75) is 52.5 Å². The van der Waals surface area contributed by atoms with Gasteiger partial charge >= 0.3 is 0 Å². The van der Waals surface area contributed by atoms with Crippen LogP contribution in [0.15, 0.2) is 0 Å². The summed E-state index contributed by atoms with van der Waals surface area (Å²) >= 11 is 0. The Labute approximate surface area is 159 Å². The smallest absolute Gasteiger partial charge is 0.223 e. The second kappa shape index (κ2) is 9.07. The second-order valence-corrected chi connectivity index (χ2v) is 8.44. The van der Waals surface area contributed by atoms with Gasteiger partial charge in [0.25, 0.3) is 0 Å². The van der Waals surface area contributed by atoms with Gasteiger partial charge in [-0.3, -0.25) is 4.79 Å². The van der Waals surface area contributed by atoms with Gasteiger partial charge in [0.05, 0.1) is 0 Å². The minimum atomic E-state index is 0. The number of carbonyl (C=O) groups is 1. The summed E-state index contributed by atoms with van der Waals surface area (Å²) in [6.07, 6.45) is 4.82. The highest BCUT2D eigenvalue weighted by Gasteiger charge is 2.57. The Morgan fingerprint density at radius 1 is 1.21 bits per heavy atom. The van der Waals surface area contributed by atoms with Crippen LogP contribution in [0.3, 0.4) is 0 Å². The number of likely N-dealkylation sites (tertiary alicyclic amines) is 1. The fraction of sp³-hybridized carbons (Fsp3) is 0.944. The summed E-state index contributed by atoms with van der Waals surface area (Å²) in [6.45, 7) is 12.4. The van der Waals surface area contributed by atoms with Crippen LogP contribution in [0.2, 0.25) is 0 Å². The van der Waals surface area contributed by atoms with Crippen LogP contribution >= 0.6 is 24.8 Å². The molecule has 0 aromatic heterocycles. The number of nitrogens with zero attached hydrogens (tertiary/aromatic N) is 1. The van der Waals surface area contributed by atoms with Crippen LogP contribution in [0.4, 0.5) is 0 Å². The van der Waals surface area contributed by atoms with E-state index in [-0.39, 0.29) is 36.8 Å². The number of halogens is 2. The van der Waals surface area contributed by atoms with Crippen molar-refractivity contribution in [3.05, 3.63) is 0 Å². The molecule has 142 valence electrons. The Kier molecular flexibility index (Phi) is 8.32. The van der Waals surface area contributed by atoms with Crippen LogP contribution in [-0.2, 0) is 4.79 Å². The SMILES string of the molecule is CC1CC(C)CN(CC(C)NC(=O)C2CC23CCNCC3)C1.Cl.Cl. The van der Waals surface area contributed by atoms with Gasteiger partial charge in [0.15, 0.2) is 0 Å². The molecule has 24 heavy (non-hydrogen) atoms. The highest BCUT2D eigenvalue weighted by Crippen LogP contribution is 2.58. The van der Waals surface area contributed by atoms with E-state index in [4.69, 9.17) is 0 Å². The monoisotopic (exact) mass is 379 g/mol. The molecule has 1 spiro atoms. The molecule has 3 rings (SSSR count). The standard InChI is InChI=1S/C18H33N3O.2ClH/c1-13-8-14(2)11-21(10-13)12-15(3)20-17(22)16-9-18(16)4-6-19-7-5-18;;/h13-16,19H,4-12H2,1-3H3,(H,20,22);2*1H. The summed E-state index contributed by atoms with van der Waals surface area (Å²) in [5.74, 6) is 2.17. The Morgan fingerprint density at radius 3 is 2.38 bits per heavy atom. The lowest BCUT2D eigenvalue weighted by molar-refractivity contribution is -0.124. The van der Waals surface area contributed by atoms with Crippen LogP contribution < -0.4 is 10.6 Å². The topological polar surface area (TPSA) is 44.4 Å². The quantitative estimate of drug-likeness (QED) is 0.788. The first kappa shape index (κ1) is 22.0. The van der Waals surface area contributed by atoms with Crippen molar-refractivity contribution in [1.29, 1.82) is 0 Å². The van der Waals surface area contributed by atoms with Gasteiger partial charge in [0.1, 0.15) is 0 Å². The molecule has 6 heteroatoms. The molecule has 0 aromatic carbocycles. The highest BCUT2D eigenvalue weighted by atomic mass is 35.5. The van der Waals surface area contributed by atoms with Gasteiger partial charge in [-0.15, -0.1) is 24.8 Å². The Morgan fingerprint density at radius 2 is 1.79 bits per heavy atom. The number of nitrogens with one attached hydrogen (secondary N) is 2. The van der Waals surface area contributed by atoms with Crippen LogP contribution in [0.25, 0.3) is 0 Å². The van der Waals surface area contributed by atoms with Gasteiger partial charge in [0, 0.05) is 31.6 Å². The van der Waals surface area contributed by atoms with Gasteiger partial charge in [-0.2, -0.15) is 0 Å². The first-order valence-corrected chi connectivity index (χ1v) is 9.22. The van der Waals surface area contributed by atoms with Crippen molar-refractivity contribution in [3.8, 4) is 0 Å². The van der Waals surface area contributed by atoms with E-state index in [1.54, 1.807) is 0 Å². The van der Waals surface area contributed by atoms with Crippen molar-refractivity contribution >= 4 is 30.7 Å². The summed E-state index contributed by atoms with van der Waals surface area (Å²) in [5.41, 5.74) is 0.350. The summed E-state index contributed by atoms with van der Waals surface area (Å²) in [4.78, 5) is 15.0. The molecular weight excluding hydrogens is 345 g/mol. The number of rotatable bonds is 4. The molecule has 1 aliphatic carbocycles. The molecule has 0 radical (unpaired) electrons. The zero-order valence-corrected chi connectivity index (χ0v) is 17.0. The normalized spacial score (nSPS) is 33.0. The van der Waals surface area contributed by atoms with Crippen molar-refractivity contribution < 1.29 is 4.79 Å². The molecule has 3 aliphatic rings. The first-order chi connectivity index (χ1) is 10.5.